The Kier molecular flexibility index (Phi) is 4.84. The fraction of sp³-hybridized carbons (Fsp3) is 0.333. The van der Waals surface area contributed by atoms with Crippen LogP contribution in [0, 0.1) is 20.8 Å². The van der Waals surface area contributed by atoms with Crippen molar-refractivity contribution in [2.75, 3.05) is 11.1 Å². The SMILES string of the molecule is Cc1ccccc1NC(=O)CSCc1c(C)noc1C. The summed E-state index contributed by atoms with van der Waals surface area (Å²) in [6, 6.07) is 7.76. The highest BCUT2D eigenvalue weighted by atomic mass is 32.2. The number of hydrogen-bond acceptors (Lipinski definition) is 4. The van der Waals surface area contributed by atoms with Gasteiger partial charge in [0.2, 0.25) is 5.91 Å². The predicted molar refractivity (Wildman–Crippen MR) is 81.9 cm³/mol. The number of nitrogens with one attached hydrogen (secondary N) is 1. The predicted octanol–water partition coefficient (Wildman–Crippen LogP) is 3.47. The van der Waals surface area contributed by atoms with Crippen molar-refractivity contribution in [3.05, 3.63) is 46.8 Å². The Morgan fingerprint density at radius 3 is 2.70 bits per heavy atom. The first-order valence-electron chi connectivity index (χ1n) is 6.43. The van der Waals surface area contributed by atoms with Gasteiger partial charge in [0.1, 0.15) is 5.76 Å². The first-order valence-corrected chi connectivity index (χ1v) is 7.58. The van der Waals surface area contributed by atoms with Gasteiger partial charge in [-0.25, -0.2) is 0 Å². The van der Waals surface area contributed by atoms with Crippen LogP contribution in [0.5, 0.6) is 0 Å². The minimum absolute atomic E-state index is 0.0102. The Labute approximate surface area is 122 Å². The van der Waals surface area contributed by atoms with Gasteiger partial charge in [-0.15, -0.1) is 11.8 Å². The van der Waals surface area contributed by atoms with E-state index in [9.17, 15) is 4.79 Å². The molecule has 0 saturated carbocycles. The molecule has 0 aliphatic heterocycles. The average Bonchev–Trinajstić information content (AvgIpc) is 2.73. The molecule has 2 aromatic rings. The molecule has 0 aliphatic carbocycles. The molecule has 1 aromatic heterocycles. The number of hydrogen-bond donors (Lipinski definition) is 1. The lowest BCUT2D eigenvalue weighted by atomic mass is 10.2. The quantitative estimate of drug-likeness (QED) is 0.916. The number of benzene rings is 1. The van der Waals surface area contributed by atoms with Gasteiger partial charge in [0.15, 0.2) is 0 Å². The number of para-hydroxylation sites is 1. The number of aryl methyl sites for hydroxylation is 3. The number of amides is 1. The van der Waals surface area contributed by atoms with E-state index < -0.39 is 0 Å². The zero-order valence-electron chi connectivity index (χ0n) is 11.9. The molecule has 20 heavy (non-hydrogen) atoms. The van der Waals surface area contributed by atoms with Gasteiger partial charge in [-0.1, -0.05) is 23.4 Å². The van der Waals surface area contributed by atoms with Crippen LogP contribution in [0.15, 0.2) is 28.8 Å². The van der Waals surface area contributed by atoms with E-state index in [2.05, 4.69) is 10.5 Å². The van der Waals surface area contributed by atoms with Crippen molar-refractivity contribution < 1.29 is 9.32 Å². The average molecular weight is 290 g/mol. The molecule has 0 radical (unpaired) electrons. The Morgan fingerprint density at radius 2 is 2.05 bits per heavy atom. The summed E-state index contributed by atoms with van der Waals surface area (Å²) in [5.41, 5.74) is 3.92. The first-order chi connectivity index (χ1) is 9.58. The van der Waals surface area contributed by atoms with Crippen molar-refractivity contribution in [3.63, 3.8) is 0 Å². The summed E-state index contributed by atoms with van der Waals surface area (Å²) in [5.74, 6) is 1.99. The van der Waals surface area contributed by atoms with Crippen molar-refractivity contribution in [1.29, 1.82) is 0 Å². The van der Waals surface area contributed by atoms with Crippen molar-refractivity contribution in [1.82, 2.24) is 5.16 Å². The van der Waals surface area contributed by atoms with E-state index in [0.29, 0.717) is 5.75 Å². The van der Waals surface area contributed by atoms with Gasteiger partial charge in [-0.3, -0.25) is 4.79 Å². The molecular formula is C15H18N2O2S. The lowest BCUT2D eigenvalue weighted by molar-refractivity contribution is -0.113. The second-order valence-corrected chi connectivity index (χ2v) is 5.64. The number of carbonyl (C=O) groups excluding carboxylic acids is 1. The number of thioether (sulfide) groups is 1. The lowest BCUT2D eigenvalue weighted by Gasteiger charge is -2.07. The summed E-state index contributed by atoms with van der Waals surface area (Å²) in [5, 5.41) is 6.83. The van der Waals surface area contributed by atoms with Crippen LogP contribution < -0.4 is 5.32 Å². The van der Waals surface area contributed by atoms with Gasteiger partial charge >= 0.3 is 0 Å². The summed E-state index contributed by atoms with van der Waals surface area (Å²) in [7, 11) is 0. The third-order valence-corrected chi connectivity index (χ3v) is 4.04. The molecule has 4 nitrogen and oxygen atoms in total. The maximum Gasteiger partial charge on any atom is 0.234 e. The number of anilines is 1. The minimum atomic E-state index is 0.0102. The Balaban J connectivity index is 1.83. The monoisotopic (exact) mass is 290 g/mol. The molecule has 0 aliphatic rings. The van der Waals surface area contributed by atoms with Crippen LogP contribution in [0.3, 0.4) is 0 Å². The molecule has 0 bridgehead atoms. The van der Waals surface area contributed by atoms with Crippen LogP contribution >= 0.6 is 11.8 Å². The topological polar surface area (TPSA) is 55.1 Å². The maximum absolute atomic E-state index is 11.9. The summed E-state index contributed by atoms with van der Waals surface area (Å²) >= 11 is 1.56. The second-order valence-electron chi connectivity index (χ2n) is 4.66. The van der Waals surface area contributed by atoms with Crippen molar-refractivity contribution in [3.8, 4) is 0 Å². The molecule has 5 heteroatoms. The zero-order valence-corrected chi connectivity index (χ0v) is 12.7. The van der Waals surface area contributed by atoms with E-state index in [1.807, 2.05) is 45.0 Å². The summed E-state index contributed by atoms with van der Waals surface area (Å²) in [6.07, 6.45) is 0. The van der Waals surface area contributed by atoms with Crippen LogP contribution in [-0.4, -0.2) is 16.8 Å². The van der Waals surface area contributed by atoms with Crippen molar-refractivity contribution in [2.24, 2.45) is 0 Å². The molecule has 106 valence electrons. The van der Waals surface area contributed by atoms with Gasteiger partial charge in [0.25, 0.3) is 0 Å². The molecule has 1 aromatic carbocycles. The first kappa shape index (κ1) is 14.7. The molecule has 0 spiro atoms. The molecule has 2 rings (SSSR count). The highest BCUT2D eigenvalue weighted by Gasteiger charge is 2.10. The van der Waals surface area contributed by atoms with Crippen molar-refractivity contribution >= 4 is 23.4 Å². The van der Waals surface area contributed by atoms with Gasteiger partial charge in [-0.05, 0) is 32.4 Å². The van der Waals surface area contributed by atoms with Crippen molar-refractivity contribution in [2.45, 2.75) is 26.5 Å². The number of carbonyl (C=O) groups is 1. The van der Waals surface area contributed by atoms with E-state index in [1.54, 1.807) is 11.8 Å². The third-order valence-electron chi connectivity index (χ3n) is 3.08. The summed E-state index contributed by atoms with van der Waals surface area (Å²) < 4.78 is 5.10. The van der Waals surface area contributed by atoms with Crippen LogP contribution in [0.4, 0.5) is 5.69 Å². The van der Waals surface area contributed by atoms with Gasteiger partial charge in [-0.2, -0.15) is 0 Å². The number of aromatic nitrogens is 1. The van der Waals surface area contributed by atoms with E-state index >= 15 is 0 Å². The Morgan fingerprint density at radius 1 is 1.30 bits per heavy atom. The number of rotatable bonds is 5. The summed E-state index contributed by atoms with van der Waals surface area (Å²) in [4.78, 5) is 11.9. The van der Waals surface area contributed by atoms with Gasteiger partial charge < -0.3 is 9.84 Å². The molecule has 1 N–H and O–H groups in total. The third kappa shape index (κ3) is 3.63. The van der Waals surface area contributed by atoms with E-state index in [1.165, 1.54) is 0 Å². The normalized spacial score (nSPS) is 10.6. The van der Waals surface area contributed by atoms with E-state index in [4.69, 9.17) is 4.52 Å². The molecule has 0 fully saturated rings. The number of nitrogens with zero attached hydrogens (tertiary/aromatic N) is 1. The molecule has 0 saturated heterocycles. The Bertz CT molecular complexity index is 588. The molecular weight excluding hydrogens is 272 g/mol. The molecule has 1 heterocycles. The van der Waals surface area contributed by atoms with Crippen LogP contribution in [0.25, 0.3) is 0 Å². The molecule has 0 unspecified atom stereocenters. The zero-order chi connectivity index (χ0) is 14.5. The largest absolute Gasteiger partial charge is 0.361 e. The Hall–Kier alpha value is -1.75. The van der Waals surface area contributed by atoms with E-state index in [-0.39, 0.29) is 5.91 Å². The highest BCUT2D eigenvalue weighted by Crippen LogP contribution is 2.20. The smallest absolute Gasteiger partial charge is 0.234 e. The van der Waals surface area contributed by atoms with Gasteiger partial charge in [0.05, 0.1) is 11.4 Å². The van der Waals surface area contributed by atoms with E-state index in [0.717, 1.165) is 34.0 Å². The fourth-order valence-electron chi connectivity index (χ4n) is 1.85. The lowest BCUT2D eigenvalue weighted by Crippen LogP contribution is -2.14. The van der Waals surface area contributed by atoms with Crippen LogP contribution in [-0.2, 0) is 10.5 Å². The molecule has 1 amide bonds. The second kappa shape index (κ2) is 6.61. The fourth-order valence-corrected chi connectivity index (χ4v) is 2.83. The highest BCUT2D eigenvalue weighted by molar-refractivity contribution is 7.99. The standard InChI is InChI=1S/C15H18N2O2S/c1-10-6-4-5-7-14(10)16-15(18)9-20-8-13-11(2)17-19-12(13)3/h4-7H,8-9H2,1-3H3,(H,16,18). The summed E-state index contributed by atoms with van der Waals surface area (Å²) in [6.45, 7) is 5.79. The maximum atomic E-state index is 11.9. The minimum Gasteiger partial charge on any atom is -0.361 e. The van der Waals surface area contributed by atoms with Gasteiger partial charge in [0, 0.05) is 17.0 Å². The van der Waals surface area contributed by atoms with Crippen LogP contribution in [0.1, 0.15) is 22.6 Å². The van der Waals surface area contributed by atoms with Crippen LogP contribution in [0.2, 0.25) is 0 Å². The molecule has 0 atom stereocenters.